The molecule has 0 aromatic heterocycles. The fraction of sp³-hybridized carbons (Fsp3) is 0.259. The Morgan fingerprint density at radius 3 is 2.58 bits per heavy atom. The van der Waals surface area contributed by atoms with Crippen LogP contribution in [-0.2, 0) is 9.59 Å². The Hall–Kier alpha value is -3.25. The lowest BCUT2D eigenvalue weighted by Gasteiger charge is -2.26. The monoisotopic (exact) mass is 460 g/mol. The van der Waals surface area contributed by atoms with Crippen LogP contribution >= 0.6 is 11.8 Å². The fourth-order valence-electron chi connectivity index (χ4n) is 4.12. The van der Waals surface area contributed by atoms with Crippen LogP contribution in [0.25, 0.3) is 0 Å². The summed E-state index contributed by atoms with van der Waals surface area (Å²) in [5, 5.41) is 2.89. The molecule has 1 N–H and O–H groups in total. The third kappa shape index (κ3) is 5.06. The van der Waals surface area contributed by atoms with Crippen LogP contribution in [0.5, 0.6) is 5.75 Å². The number of hydrogen-bond acceptors (Lipinski definition) is 4. The van der Waals surface area contributed by atoms with E-state index in [1.165, 1.54) is 0 Å². The highest BCUT2D eigenvalue weighted by Crippen LogP contribution is 2.45. The van der Waals surface area contributed by atoms with Gasteiger partial charge in [0, 0.05) is 5.69 Å². The normalized spacial score (nSPS) is 16.5. The summed E-state index contributed by atoms with van der Waals surface area (Å²) in [6, 6.07) is 25.2. The van der Waals surface area contributed by atoms with Crippen LogP contribution in [-0.4, -0.2) is 24.2 Å². The maximum atomic E-state index is 13.0. The highest BCUT2D eigenvalue weighted by Gasteiger charge is 2.35. The van der Waals surface area contributed by atoms with E-state index in [4.69, 9.17) is 4.74 Å². The molecule has 2 amide bonds. The van der Waals surface area contributed by atoms with Gasteiger partial charge in [0.15, 0.2) is 0 Å². The average molecular weight is 461 g/mol. The van der Waals surface area contributed by atoms with Crippen molar-refractivity contribution in [3.05, 3.63) is 90.0 Å². The van der Waals surface area contributed by atoms with Crippen LogP contribution in [0.15, 0.2) is 78.9 Å². The summed E-state index contributed by atoms with van der Waals surface area (Å²) in [6.07, 6.45) is 0.713. The minimum Gasteiger partial charge on any atom is -0.492 e. The molecule has 3 aromatic carbocycles. The van der Waals surface area contributed by atoms with Crippen molar-refractivity contribution in [3.63, 3.8) is 0 Å². The Bertz CT molecular complexity index is 1120. The van der Waals surface area contributed by atoms with Crippen molar-refractivity contribution in [1.29, 1.82) is 0 Å². The second kappa shape index (κ2) is 10.6. The molecule has 5 nitrogen and oxygen atoms in total. The summed E-state index contributed by atoms with van der Waals surface area (Å²) in [4.78, 5) is 27.7. The number of carbonyl (C=O) groups excluding carboxylic acids is 2. The fourth-order valence-corrected chi connectivity index (χ4v) is 5.28. The number of hydrogen-bond donors (Lipinski definition) is 1. The Labute approximate surface area is 199 Å². The lowest BCUT2D eigenvalue weighted by molar-refractivity contribution is -0.118. The van der Waals surface area contributed by atoms with Crippen LogP contribution in [0.4, 0.5) is 11.4 Å². The van der Waals surface area contributed by atoms with Gasteiger partial charge in [0.25, 0.3) is 0 Å². The molecule has 1 aliphatic rings. The van der Waals surface area contributed by atoms with Crippen LogP contribution in [0.3, 0.4) is 0 Å². The predicted molar refractivity (Wildman–Crippen MR) is 135 cm³/mol. The van der Waals surface area contributed by atoms with Gasteiger partial charge in [0.1, 0.15) is 11.1 Å². The van der Waals surface area contributed by atoms with Crippen LogP contribution < -0.4 is 15.0 Å². The summed E-state index contributed by atoms with van der Waals surface area (Å²) < 4.78 is 5.78. The molecule has 0 radical (unpaired) electrons. The van der Waals surface area contributed by atoms with Crippen molar-refractivity contribution >= 4 is 35.0 Å². The number of rotatable bonds is 8. The summed E-state index contributed by atoms with van der Waals surface area (Å²) in [6.45, 7) is 4.47. The minimum atomic E-state index is -0.216. The van der Waals surface area contributed by atoms with Gasteiger partial charge in [-0.05, 0) is 48.7 Å². The van der Waals surface area contributed by atoms with E-state index in [2.05, 4.69) is 5.32 Å². The van der Waals surface area contributed by atoms with E-state index >= 15 is 0 Å². The molecule has 1 heterocycles. The molecule has 0 saturated carbocycles. The number of nitrogens with zero attached hydrogens (tertiary/aromatic N) is 1. The van der Waals surface area contributed by atoms with Gasteiger partial charge in [-0.15, -0.1) is 11.8 Å². The van der Waals surface area contributed by atoms with E-state index in [0.29, 0.717) is 24.5 Å². The zero-order chi connectivity index (χ0) is 23.2. The highest BCUT2D eigenvalue weighted by atomic mass is 32.2. The third-order valence-electron chi connectivity index (χ3n) is 5.66. The van der Waals surface area contributed by atoms with E-state index in [-0.39, 0.29) is 23.1 Å². The average Bonchev–Trinajstić information content (AvgIpc) is 3.22. The molecule has 1 saturated heterocycles. The van der Waals surface area contributed by atoms with Gasteiger partial charge in [-0.1, -0.05) is 61.5 Å². The van der Waals surface area contributed by atoms with Gasteiger partial charge >= 0.3 is 0 Å². The number of anilines is 2. The highest BCUT2D eigenvalue weighted by molar-refractivity contribution is 8.00. The zero-order valence-electron chi connectivity index (χ0n) is 18.9. The quantitative estimate of drug-likeness (QED) is 0.448. The molecule has 3 aromatic rings. The summed E-state index contributed by atoms with van der Waals surface area (Å²) in [5.41, 5.74) is 3.46. The molecule has 4 rings (SSSR count). The van der Waals surface area contributed by atoms with Crippen molar-refractivity contribution in [2.24, 2.45) is 0 Å². The SMILES string of the molecule is CCOc1ccccc1N1C(=O)CS[C@H]1c1cccc(NC(=O)[C@H](CC)c2ccccc2)c1. The maximum absolute atomic E-state index is 13.0. The zero-order valence-corrected chi connectivity index (χ0v) is 19.7. The number of ether oxygens (including phenoxy) is 1. The first-order valence-corrected chi connectivity index (χ1v) is 12.3. The van der Waals surface area contributed by atoms with E-state index in [0.717, 1.165) is 22.5 Å². The molecular weight excluding hydrogens is 432 g/mol. The summed E-state index contributed by atoms with van der Waals surface area (Å²) in [5.74, 6) is 0.884. The van der Waals surface area contributed by atoms with Gasteiger partial charge in [-0.25, -0.2) is 0 Å². The predicted octanol–water partition coefficient (Wildman–Crippen LogP) is 6.00. The molecule has 0 unspecified atom stereocenters. The van der Waals surface area contributed by atoms with Crippen molar-refractivity contribution in [1.82, 2.24) is 0 Å². The Balaban J connectivity index is 1.58. The van der Waals surface area contributed by atoms with E-state index in [9.17, 15) is 9.59 Å². The van der Waals surface area contributed by atoms with E-state index < -0.39 is 0 Å². The number of carbonyl (C=O) groups is 2. The van der Waals surface area contributed by atoms with Gasteiger partial charge < -0.3 is 10.1 Å². The smallest absolute Gasteiger partial charge is 0.238 e. The molecule has 33 heavy (non-hydrogen) atoms. The first-order valence-electron chi connectivity index (χ1n) is 11.2. The summed E-state index contributed by atoms with van der Waals surface area (Å²) >= 11 is 1.58. The Kier molecular flexibility index (Phi) is 7.35. The van der Waals surface area contributed by atoms with Gasteiger partial charge in [0.2, 0.25) is 11.8 Å². The third-order valence-corrected chi connectivity index (χ3v) is 6.87. The van der Waals surface area contributed by atoms with Gasteiger partial charge in [0.05, 0.1) is 24.0 Å². The van der Waals surface area contributed by atoms with Crippen molar-refractivity contribution < 1.29 is 14.3 Å². The lowest BCUT2D eigenvalue weighted by atomic mass is 9.95. The van der Waals surface area contributed by atoms with Crippen molar-refractivity contribution in [3.8, 4) is 5.75 Å². The van der Waals surface area contributed by atoms with Crippen LogP contribution in [0, 0.1) is 0 Å². The number of thioether (sulfide) groups is 1. The summed E-state index contributed by atoms with van der Waals surface area (Å²) in [7, 11) is 0. The molecule has 170 valence electrons. The molecular formula is C27H28N2O3S. The second-order valence-electron chi connectivity index (χ2n) is 7.81. The number of para-hydroxylation sites is 2. The maximum Gasteiger partial charge on any atom is 0.238 e. The molecule has 0 bridgehead atoms. The van der Waals surface area contributed by atoms with Crippen LogP contribution in [0.2, 0.25) is 0 Å². The topological polar surface area (TPSA) is 58.6 Å². The van der Waals surface area contributed by atoms with Gasteiger partial charge in [-0.2, -0.15) is 0 Å². The van der Waals surface area contributed by atoms with Crippen molar-refractivity contribution in [2.75, 3.05) is 22.6 Å². The molecule has 2 atom stereocenters. The standard InChI is InChI=1S/C27H28N2O3S/c1-3-22(19-11-6-5-7-12-19)26(31)28-21-14-10-13-20(17-21)27-29(25(30)18-33-27)23-15-8-9-16-24(23)32-4-2/h5-17,22,27H,3-4,18H2,1-2H3,(H,28,31)/t22-,27+/m1/s1. The van der Waals surface area contributed by atoms with Gasteiger partial charge in [-0.3, -0.25) is 14.5 Å². The first-order chi connectivity index (χ1) is 16.1. The molecule has 1 fully saturated rings. The molecule has 1 aliphatic heterocycles. The Morgan fingerprint density at radius 1 is 1.06 bits per heavy atom. The molecule has 6 heteroatoms. The van der Waals surface area contributed by atoms with Crippen molar-refractivity contribution in [2.45, 2.75) is 31.6 Å². The minimum absolute atomic E-state index is 0.0328. The molecule has 0 aliphatic carbocycles. The Morgan fingerprint density at radius 2 is 1.82 bits per heavy atom. The number of benzene rings is 3. The van der Waals surface area contributed by atoms with E-state index in [1.807, 2.05) is 92.7 Å². The largest absolute Gasteiger partial charge is 0.492 e. The number of amides is 2. The lowest BCUT2D eigenvalue weighted by Crippen LogP contribution is -2.28. The number of nitrogens with one attached hydrogen (secondary N) is 1. The van der Waals surface area contributed by atoms with E-state index in [1.54, 1.807) is 16.7 Å². The van der Waals surface area contributed by atoms with Crippen LogP contribution in [0.1, 0.15) is 42.7 Å². The second-order valence-corrected chi connectivity index (χ2v) is 8.88. The molecule has 0 spiro atoms. The first kappa shape index (κ1) is 22.9.